The van der Waals surface area contributed by atoms with Crippen LogP contribution in [0.2, 0.25) is 0 Å². The molecule has 1 heterocycles. The number of nitro groups is 1. The molecule has 1 aliphatic heterocycles. The molecule has 2 aromatic carbocycles. The van der Waals surface area contributed by atoms with Gasteiger partial charge in [-0.25, -0.2) is 9.59 Å². The minimum Gasteiger partial charge on any atom is -0.478 e. The normalized spacial score (nSPS) is 14.9. The highest BCUT2D eigenvalue weighted by Gasteiger charge is 2.49. The maximum atomic E-state index is 12.5. The van der Waals surface area contributed by atoms with Gasteiger partial charge in [0.2, 0.25) is 0 Å². The first-order valence-corrected chi connectivity index (χ1v) is 11.3. The molecule has 192 valence electrons. The summed E-state index contributed by atoms with van der Waals surface area (Å²) >= 11 is 0. The van der Waals surface area contributed by atoms with Gasteiger partial charge in [-0.1, -0.05) is 42.5 Å². The molecule has 0 aliphatic carbocycles. The molecule has 0 saturated carbocycles. The van der Waals surface area contributed by atoms with Crippen molar-refractivity contribution >= 4 is 30.0 Å². The van der Waals surface area contributed by atoms with Crippen LogP contribution >= 0.6 is 12.4 Å². The second-order valence-corrected chi connectivity index (χ2v) is 8.60. The number of hydrogen-bond donors (Lipinski definition) is 3. The SMILES string of the molecule is CC1=C(C(=O)O)C(C)(c2cccc([N+](=O)[O-])c2)C(C(=O)O)=C(C)N1CCNCCc1ccccc1.Cl. The molecule has 1 aliphatic rings. The highest BCUT2D eigenvalue weighted by atomic mass is 35.5. The number of nitro benzene ring substituents is 1. The van der Waals surface area contributed by atoms with E-state index in [1.54, 1.807) is 18.7 Å². The predicted molar refractivity (Wildman–Crippen MR) is 138 cm³/mol. The van der Waals surface area contributed by atoms with Crippen LogP contribution in [0.15, 0.2) is 77.1 Å². The standard InChI is InChI=1S/C26H29N3O6.ClH/c1-17-22(24(30)31)26(3,20-10-7-11-21(16-20)29(34)35)23(25(32)33)18(2)28(17)15-14-27-13-12-19-8-5-4-6-9-19;/h4-11,16,27H,12-15H2,1-3H3,(H,30,31)(H,32,33);1H. The molecule has 0 bridgehead atoms. The van der Waals surface area contributed by atoms with Gasteiger partial charge in [-0.3, -0.25) is 10.1 Å². The maximum absolute atomic E-state index is 12.5. The van der Waals surface area contributed by atoms with Crippen molar-refractivity contribution in [3.63, 3.8) is 0 Å². The Morgan fingerprint density at radius 3 is 2.08 bits per heavy atom. The van der Waals surface area contributed by atoms with Crippen LogP contribution in [0.4, 0.5) is 5.69 Å². The summed E-state index contributed by atoms with van der Waals surface area (Å²) in [5.41, 5.74) is 0.168. The third-order valence-corrected chi connectivity index (χ3v) is 6.54. The zero-order chi connectivity index (χ0) is 25.8. The molecule has 0 fully saturated rings. The monoisotopic (exact) mass is 515 g/mol. The Hall–Kier alpha value is -3.69. The Labute approximate surface area is 215 Å². The van der Waals surface area contributed by atoms with Crippen molar-refractivity contribution in [3.05, 3.63) is 98.4 Å². The van der Waals surface area contributed by atoms with Gasteiger partial charge in [-0.05, 0) is 44.9 Å². The summed E-state index contributed by atoms with van der Waals surface area (Å²) in [5.74, 6) is -2.55. The number of hydrogen-bond acceptors (Lipinski definition) is 6. The number of carboxylic acids is 2. The van der Waals surface area contributed by atoms with Crippen LogP contribution in [0, 0.1) is 10.1 Å². The largest absolute Gasteiger partial charge is 0.478 e. The van der Waals surface area contributed by atoms with Crippen molar-refractivity contribution in [2.24, 2.45) is 0 Å². The van der Waals surface area contributed by atoms with Crippen molar-refractivity contribution in [1.82, 2.24) is 10.2 Å². The van der Waals surface area contributed by atoms with Gasteiger partial charge in [0, 0.05) is 36.6 Å². The lowest BCUT2D eigenvalue weighted by Crippen LogP contribution is -2.45. The average molecular weight is 516 g/mol. The van der Waals surface area contributed by atoms with Crippen LogP contribution in [0.5, 0.6) is 0 Å². The molecule has 0 atom stereocenters. The second-order valence-electron chi connectivity index (χ2n) is 8.60. The van der Waals surface area contributed by atoms with Crippen molar-refractivity contribution in [2.75, 3.05) is 19.6 Å². The summed E-state index contributed by atoms with van der Waals surface area (Å²) < 4.78 is 0. The van der Waals surface area contributed by atoms with Crippen LogP contribution in [0.1, 0.15) is 31.9 Å². The maximum Gasteiger partial charge on any atom is 0.334 e. The lowest BCUT2D eigenvalue weighted by Gasteiger charge is -2.43. The van der Waals surface area contributed by atoms with Crippen molar-refractivity contribution in [2.45, 2.75) is 32.6 Å². The van der Waals surface area contributed by atoms with E-state index in [1.807, 2.05) is 30.3 Å². The molecule has 3 rings (SSSR count). The van der Waals surface area contributed by atoms with Gasteiger partial charge in [0.15, 0.2) is 0 Å². The van der Waals surface area contributed by atoms with E-state index in [9.17, 15) is 29.9 Å². The molecule has 9 nitrogen and oxygen atoms in total. The highest BCUT2D eigenvalue weighted by Crippen LogP contribution is 2.47. The minimum absolute atomic E-state index is 0. The third-order valence-electron chi connectivity index (χ3n) is 6.54. The lowest BCUT2D eigenvalue weighted by atomic mass is 9.67. The zero-order valence-corrected chi connectivity index (χ0v) is 21.2. The first-order valence-electron chi connectivity index (χ1n) is 11.3. The molecule has 0 spiro atoms. The van der Waals surface area contributed by atoms with E-state index in [4.69, 9.17) is 0 Å². The van der Waals surface area contributed by atoms with Gasteiger partial charge in [0.05, 0.1) is 21.5 Å². The number of aliphatic carboxylic acids is 2. The molecule has 3 N–H and O–H groups in total. The minimum atomic E-state index is -1.59. The molecule has 0 aromatic heterocycles. The number of benzene rings is 2. The van der Waals surface area contributed by atoms with E-state index < -0.39 is 22.3 Å². The number of non-ortho nitro benzene ring substituents is 1. The molecule has 36 heavy (non-hydrogen) atoms. The Balaban J connectivity index is 0.00000456. The number of carbonyl (C=O) groups is 2. The van der Waals surface area contributed by atoms with Crippen molar-refractivity contribution in [3.8, 4) is 0 Å². The molecule has 0 unspecified atom stereocenters. The van der Waals surface area contributed by atoms with Crippen LogP contribution < -0.4 is 5.32 Å². The number of nitrogens with zero attached hydrogens (tertiary/aromatic N) is 2. The van der Waals surface area contributed by atoms with Crippen molar-refractivity contribution in [1.29, 1.82) is 0 Å². The Bertz CT molecular complexity index is 1170. The number of halogens is 1. The smallest absolute Gasteiger partial charge is 0.334 e. The van der Waals surface area contributed by atoms with Crippen LogP contribution in [0.25, 0.3) is 0 Å². The molecule has 10 heteroatoms. The second kappa shape index (κ2) is 11.8. The lowest BCUT2D eigenvalue weighted by molar-refractivity contribution is -0.385. The van der Waals surface area contributed by atoms with E-state index in [2.05, 4.69) is 5.32 Å². The summed E-state index contributed by atoms with van der Waals surface area (Å²) in [6, 6.07) is 15.5. The number of allylic oxidation sites excluding steroid dienone is 2. The predicted octanol–water partition coefficient (Wildman–Crippen LogP) is 4.14. The van der Waals surface area contributed by atoms with Crippen LogP contribution in [-0.4, -0.2) is 51.6 Å². The fourth-order valence-corrected chi connectivity index (χ4v) is 4.86. The first kappa shape index (κ1) is 28.5. The first-order chi connectivity index (χ1) is 16.6. The summed E-state index contributed by atoms with van der Waals surface area (Å²) in [4.78, 5) is 37.4. The Morgan fingerprint density at radius 1 is 0.972 bits per heavy atom. The van der Waals surface area contributed by atoms with Gasteiger partial charge in [-0.2, -0.15) is 0 Å². The van der Waals surface area contributed by atoms with Gasteiger partial charge < -0.3 is 20.4 Å². The van der Waals surface area contributed by atoms with Gasteiger partial charge in [0.1, 0.15) is 0 Å². The quantitative estimate of drug-likeness (QED) is 0.244. The fraction of sp³-hybridized carbons (Fsp3) is 0.308. The molecule has 2 aromatic rings. The highest BCUT2D eigenvalue weighted by molar-refractivity contribution is 6.00. The van der Waals surface area contributed by atoms with E-state index in [0.717, 1.165) is 6.42 Å². The Morgan fingerprint density at radius 2 is 1.56 bits per heavy atom. The van der Waals surface area contributed by atoms with Crippen LogP contribution in [-0.2, 0) is 21.4 Å². The summed E-state index contributed by atoms with van der Waals surface area (Å²) in [7, 11) is 0. The van der Waals surface area contributed by atoms with Gasteiger partial charge in [-0.15, -0.1) is 12.4 Å². The molecular weight excluding hydrogens is 486 g/mol. The van der Waals surface area contributed by atoms with E-state index >= 15 is 0 Å². The van der Waals surface area contributed by atoms with E-state index in [0.29, 0.717) is 31.0 Å². The van der Waals surface area contributed by atoms with E-state index in [-0.39, 0.29) is 34.8 Å². The number of rotatable bonds is 10. The number of carboxylic acid groups (broad SMARTS) is 2. The fourth-order valence-electron chi connectivity index (χ4n) is 4.86. The molecular formula is C26H30ClN3O6. The zero-order valence-electron chi connectivity index (χ0n) is 20.4. The molecule has 0 saturated heterocycles. The summed E-state index contributed by atoms with van der Waals surface area (Å²) in [6.07, 6.45) is 0.829. The van der Waals surface area contributed by atoms with Gasteiger partial charge >= 0.3 is 11.9 Å². The third kappa shape index (κ3) is 5.58. The molecule has 0 amide bonds. The van der Waals surface area contributed by atoms with Gasteiger partial charge in [0.25, 0.3) is 5.69 Å². The Kier molecular flexibility index (Phi) is 9.38. The molecule has 0 radical (unpaired) electrons. The van der Waals surface area contributed by atoms with Crippen molar-refractivity contribution < 1.29 is 24.7 Å². The average Bonchev–Trinajstić information content (AvgIpc) is 2.81. The van der Waals surface area contributed by atoms with E-state index in [1.165, 1.54) is 36.8 Å². The van der Waals surface area contributed by atoms with Crippen LogP contribution in [0.3, 0.4) is 0 Å². The topological polar surface area (TPSA) is 133 Å². The summed E-state index contributed by atoms with van der Waals surface area (Å²) in [6.45, 7) is 6.38. The number of nitrogens with one attached hydrogen (secondary N) is 1. The summed E-state index contributed by atoms with van der Waals surface area (Å²) in [5, 5.41) is 35.0.